The van der Waals surface area contributed by atoms with Crippen LogP contribution in [0.25, 0.3) is 10.8 Å². The van der Waals surface area contributed by atoms with E-state index in [1.807, 2.05) is 24.3 Å². The molecule has 14 heavy (non-hydrogen) atoms. The monoisotopic (exact) mass is 184 g/mol. The molecule has 0 aliphatic rings. The number of pyridine rings is 1. The second-order valence-corrected chi connectivity index (χ2v) is 2.98. The molecule has 2 aromatic rings. The van der Waals surface area contributed by atoms with Gasteiger partial charge in [0.15, 0.2) is 6.10 Å². The molecule has 0 spiro atoms. The molecule has 1 aromatic carbocycles. The van der Waals surface area contributed by atoms with Gasteiger partial charge in [0.1, 0.15) is 0 Å². The lowest BCUT2D eigenvalue weighted by atomic mass is 10.0. The Bertz CT molecular complexity index is 497. The van der Waals surface area contributed by atoms with Crippen molar-refractivity contribution in [3.63, 3.8) is 0 Å². The van der Waals surface area contributed by atoms with Gasteiger partial charge in [0.05, 0.1) is 6.07 Å². The smallest absolute Gasteiger partial charge is 0.167 e. The number of hydrogen-bond donors (Lipinski definition) is 1. The quantitative estimate of drug-likeness (QED) is 0.687. The van der Waals surface area contributed by atoms with E-state index in [-0.39, 0.29) is 0 Å². The highest BCUT2D eigenvalue weighted by Gasteiger charge is 2.09. The van der Waals surface area contributed by atoms with Gasteiger partial charge in [0, 0.05) is 23.3 Å². The van der Waals surface area contributed by atoms with Crippen LogP contribution in [0.15, 0.2) is 36.7 Å². The summed E-state index contributed by atoms with van der Waals surface area (Å²) < 4.78 is 0. The molecule has 1 heterocycles. The molecule has 1 aromatic heterocycles. The minimum Gasteiger partial charge on any atom is -0.374 e. The Morgan fingerprint density at radius 3 is 2.86 bits per heavy atom. The van der Waals surface area contributed by atoms with E-state index in [0.29, 0.717) is 5.56 Å². The van der Waals surface area contributed by atoms with Crippen LogP contribution in [-0.4, -0.2) is 10.1 Å². The summed E-state index contributed by atoms with van der Waals surface area (Å²) in [4.78, 5) is 3.97. The van der Waals surface area contributed by atoms with Gasteiger partial charge in [-0.05, 0) is 5.39 Å². The number of aliphatic hydroxyl groups excluding tert-OH is 1. The lowest BCUT2D eigenvalue weighted by Crippen LogP contribution is -1.95. The van der Waals surface area contributed by atoms with Crippen LogP contribution in [0.5, 0.6) is 0 Å². The normalized spacial score (nSPS) is 12.3. The summed E-state index contributed by atoms with van der Waals surface area (Å²) in [7, 11) is 0. The number of fused-ring (bicyclic) bond motifs is 1. The zero-order valence-electron chi connectivity index (χ0n) is 7.38. The predicted molar refractivity (Wildman–Crippen MR) is 52.3 cm³/mol. The molecule has 1 atom stereocenters. The van der Waals surface area contributed by atoms with E-state index in [1.54, 1.807) is 12.3 Å². The summed E-state index contributed by atoms with van der Waals surface area (Å²) in [5, 5.41) is 19.8. The van der Waals surface area contributed by atoms with Crippen LogP contribution in [0, 0.1) is 11.3 Å². The van der Waals surface area contributed by atoms with Gasteiger partial charge < -0.3 is 5.11 Å². The van der Waals surface area contributed by atoms with Gasteiger partial charge in [-0.25, -0.2) is 0 Å². The van der Waals surface area contributed by atoms with E-state index in [4.69, 9.17) is 5.26 Å². The molecule has 0 saturated heterocycles. The zero-order chi connectivity index (χ0) is 9.97. The van der Waals surface area contributed by atoms with Crippen molar-refractivity contribution in [1.29, 1.82) is 5.26 Å². The molecule has 2 rings (SSSR count). The van der Waals surface area contributed by atoms with E-state index in [2.05, 4.69) is 4.98 Å². The summed E-state index contributed by atoms with van der Waals surface area (Å²) >= 11 is 0. The van der Waals surface area contributed by atoms with Crippen LogP contribution >= 0.6 is 0 Å². The highest BCUT2D eigenvalue weighted by molar-refractivity contribution is 5.85. The highest BCUT2D eigenvalue weighted by atomic mass is 16.3. The summed E-state index contributed by atoms with van der Waals surface area (Å²) in [6.07, 6.45) is 2.13. The zero-order valence-corrected chi connectivity index (χ0v) is 7.38. The Labute approximate surface area is 81.2 Å². The Morgan fingerprint density at radius 1 is 1.29 bits per heavy atom. The lowest BCUT2D eigenvalue weighted by molar-refractivity contribution is 0.237. The molecule has 0 bridgehead atoms. The van der Waals surface area contributed by atoms with Crippen molar-refractivity contribution in [2.24, 2.45) is 0 Å². The number of aliphatic hydroxyl groups is 1. The van der Waals surface area contributed by atoms with Crippen LogP contribution in [0.4, 0.5) is 0 Å². The van der Waals surface area contributed by atoms with Gasteiger partial charge in [-0.15, -0.1) is 0 Å². The van der Waals surface area contributed by atoms with Gasteiger partial charge in [-0.1, -0.05) is 24.3 Å². The first-order valence-electron chi connectivity index (χ1n) is 4.23. The Hall–Kier alpha value is -1.92. The van der Waals surface area contributed by atoms with Gasteiger partial charge in [0.25, 0.3) is 0 Å². The SMILES string of the molecule is N#CC(O)c1cncc2ccccc12. The van der Waals surface area contributed by atoms with Gasteiger partial charge in [-0.2, -0.15) is 5.26 Å². The maximum Gasteiger partial charge on any atom is 0.167 e. The molecule has 1 unspecified atom stereocenters. The topological polar surface area (TPSA) is 56.9 Å². The fourth-order valence-electron chi connectivity index (χ4n) is 1.43. The van der Waals surface area contributed by atoms with Crippen LogP contribution in [0.1, 0.15) is 11.7 Å². The highest BCUT2D eigenvalue weighted by Crippen LogP contribution is 2.22. The van der Waals surface area contributed by atoms with Crippen molar-refractivity contribution in [3.05, 3.63) is 42.2 Å². The van der Waals surface area contributed by atoms with Gasteiger partial charge in [0.2, 0.25) is 0 Å². The molecular formula is C11H8N2O. The van der Waals surface area contributed by atoms with Gasteiger partial charge in [-0.3, -0.25) is 4.98 Å². The average Bonchev–Trinajstić information content (AvgIpc) is 2.27. The standard InChI is InChI=1S/C11H8N2O/c12-5-11(14)10-7-13-6-8-3-1-2-4-9(8)10/h1-4,6-7,11,14H. The number of benzene rings is 1. The fraction of sp³-hybridized carbons (Fsp3) is 0.0909. The molecule has 3 heteroatoms. The van der Waals surface area contributed by atoms with E-state index >= 15 is 0 Å². The predicted octanol–water partition coefficient (Wildman–Crippen LogP) is 1.79. The van der Waals surface area contributed by atoms with Crippen LogP contribution in [0.3, 0.4) is 0 Å². The first-order chi connectivity index (χ1) is 6.83. The Kier molecular flexibility index (Phi) is 2.13. The van der Waals surface area contributed by atoms with Crippen molar-refractivity contribution in [2.75, 3.05) is 0 Å². The van der Waals surface area contributed by atoms with Crippen molar-refractivity contribution < 1.29 is 5.11 Å². The number of aromatic nitrogens is 1. The van der Waals surface area contributed by atoms with E-state index in [1.165, 1.54) is 6.20 Å². The second kappa shape index (κ2) is 3.44. The third-order valence-corrected chi connectivity index (χ3v) is 2.12. The maximum absolute atomic E-state index is 9.43. The van der Waals surface area contributed by atoms with E-state index in [9.17, 15) is 5.11 Å². The third-order valence-electron chi connectivity index (χ3n) is 2.12. The van der Waals surface area contributed by atoms with Crippen LogP contribution in [0.2, 0.25) is 0 Å². The van der Waals surface area contributed by atoms with Gasteiger partial charge >= 0.3 is 0 Å². The average molecular weight is 184 g/mol. The number of nitrogens with zero attached hydrogens (tertiary/aromatic N) is 2. The van der Waals surface area contributed by atoms with Crippen LogP contribution in [-0.2, 0) is 0 Å². The fourth-order valence-corrected chi connectivity index (χ4v) is 1.43. The molecule has 0 aliphatic heterocycles. The van der Waals surface area contributed by atoms with Crippen molar-refractivity contribution in [3.8, 4) is 6.07 Å². The second-order valence-electron chi connectivity index (χ2n) is 2.98. The Morgan fingerprint density at radius 2 is 2.07 bits per heavy atom. The van der Waals surface area contributed by atoms with Crippen molar-refractivity contribution >= 4 is 10.8 Å². The summed E-state index contributed by atoms with van der Waals surface area (Å²) in [6.45, 7) is 0. The third kappa shape index (κ3) is 1.32. The minimum absolute atomic E-state index is 0.561. The lowest BCUT2D eigenvalue weighted by Gasteiger charge is -2.05. The molecule has 0 saturated carbocycles. The molecule has 0 radical (unpaired) electrons. The van der Waals surface area contributed by atoms with Crippen molar-refractivity contribution in [1.82, 2.24) is 4.98 Å². The molecule has 0 fully saturated rings. The Balaban J connectivity index is 2.72. The van der Waals surface area contributed by atoms with E-state index < -0.39 is 6.10 Å². The number of rotatable bonds is 1. The van der Waals surface area contributed by atoms with Crippen LogP contribution < -0.4 is 0 Å². The first kappa shape index (κ1) is 8.67. The summed E-state index contributed by atoms with van der Waals surface area (Å²) in [5.74, 6) is 0. The maximum atomic E-state index is 9.43. The molecule has 68 valence electrons. The molecular weight excluding hydrogens is 176 g/mol. The number of hydrogen-bond acceptors (Lipinski definition) is 3. The summed E-state index contributed by atoms with van der Waals surface area (Å²) in [6, 6.07) is 9.32. The molecule has 3 nitrogen and oxygen atoms in total. The van der Waals surface area contributed by atoms with Crippen molar-refractivity contribution in [2.45, 2.75) is 6.10 Å². The largest absolute Gasteiger partial charge is 0.374 e. The minimum atomic E-state index is -1.10. The molecule has 0 aliphatic carbocycles. The molecule has 0 amide bonds. The summed E-state index contributed by atoms with van der Waals surface area (Å²) in [5.41, 5.74) is 0.561. The molecule has 1 N–H and O–H groups in total. The number of nitriles is 1. The first-order valence-corrected chi connectivity index (χ1v) is 4.23. The van der Waals surface area contributed by atoms with E-state index in [0.717, 1.165) is 10.8 Å².